The van der Waals surface area contributed by atoms with Crippen LogP contribution < -0.4 is 0 Å². The zero-order chi connectivity index (χ0) is 19.0. The molecule has 142 valence electrons. The summed E-state index contributed by atoms with van der Waals surface area (Å²) in [5.41, 5.74) is 0. The lowest BCUT2D eigenvalue weighted by Crippen LogP contribution is -2.54. The average molecular weight is 406 g/mol. The number of urea groups is 1. The number of amides is 3. The molecule has 0 radical (unpaired) electrons. The molecule has 2 aliphatic heterocycles. The molecule has 0 aliphatic carbocycles. The van der Waals surface area contributed by atoms with Gasteiger partial charge in [0.05, 0.1) is 4.90 Å². The van der Waals surface area contributed by atoms with E-state index in [4.69, 9.17) is 0 Å². The van der Waals surface area contributed by atoms with Crippen LogP contribution in [0.15, 0.2) is 52.7 Å². The first-order valence-corrected chi connectivity index (χ1v) is 11.0. The maximum Gasteiger partial charge on any atom is 0.327 e. The second kappa shape index (κ2) is 7.06. The second-order valence-corrected chi connectivity index (χ2v) is 9.46. The van der Waals surface area contributed by atoms with E-state index in [2.05, 4.69) is 0 Å². The molecule has 2 fully saturated rings. The minimum Gasteiger partial charge on any atom is -0.310 e. The van der Waals surface area contributed by atoms with E-state index in [1.165, 1.54) is 26.2 Å². The normalized spacial score (nSPS) is 21.0. The molecule has 1 aromatic heterocycles. The van der Waals surface area contributed by atoms with E-state index in [0.29, 0.717) is 13.0 Å². The standard InChI is InChI=1S/C18H19N3O4S2/c22-17-16-13-19(27(24,25)15-6-2-1-3-7-15)10-11-20(16)18(23)21(17)9-8-14-5-4-12-26-14/h1-7,12,16H,8-11,13H2. The summed E-state index contributed by atoms with van der Waals surface area (Å²) in [5, 5.41) is 1.96. The van der Waals surface area contributed by atoms with Crippen molar-refractivity contribution in [2.75, 3.05) is 26.2 Å². The van der Waals surface area contributed by atoms with Gasteiger partial charge in [-0.2, -0.15) is 4.31 Å². The molecular weight excluding hydrogens is 386 g/mol. The third kappa shape index (κ3) is 3.26. The predicted octanol–water partition coefficient (Wildman–Crippen LogP) is 1.63. The Hall–Kier alpha value is -2.23. The highest BCUT2D eigenvalue weighted by molar-refractivity contribution is 7.89. The molecule has 2 saturated heterocycles. The number of imide groups is 1. The fraction of sp³-hybridized carbons (Fsp3) is 0.333. The number of nitrogens with zero attached hydrogens (tertiary/aromatic N) is 3. The number of rotatable bonds is 5. The van der Waals surface area contributed by atoms with Crippen molar-refractivity contribution in [2.45, 2.75) is 17.4 Å². The Kier molecular flexibility index (Phi) is 4.75. The van der Waals surface area contributed by atoms with Crippen LogP contribution in [0.1, 0.15) is 4.88 Å². The number of carbonyl (C=O) groups is 2. The van der Waals surface area contributed by atoms with Crippen LogP contribution >= 0.6 is 11.3 Å². The van der Waals surface area contributed by atoms with Crippen molar-refractivity contribution in [1.82, 2.24) is 14.1 Å². The first-order chi connectivity index (χ1) is 13.0. The Morgan fingerprint density at radius 2 is 1.81 bits per heavy atom. The Balaban J connectivity index is 1.49. The van der Waals surface area contributed by atoms with Gasteiger partial charge in [-0.15, -0.1) is 11.3 Å². The molecule has 2 aromatic rings. The van der Waals surface area contributed by atoms with Crippen molar-refractivity contribution >= 4 is 33.3 Å². The van der Waals surface area contributed by atoms with Gasteiger partial charge in [-0.1, -0.05) is 24.3 Å². The quantitative estimate of drug-likeness (QED) is 0.709. The molecule has 2 aliphatic rings. The minimum atomic E-state index is -3.68. The molecule has 3 amide bonds. The van der Waals surface area contributed by atoms with Gasteiger partial charge in [0.25, 0.3) is 5.91 Å². The SMILES string of the molecule is O=C1C2CN(S(=O)(=O)c3ccccc3)CCN2C(=O)N1CCc1cccs1. The number of carbonyl (C=O) groups excluding carboxylic acids is 2. The van der Waals surface area contributed by atoms with Crippen LogP contribution in [-0.2, 0) is 21.2 Å². The number of piperazine rings is 1. The van der Waals surface area contributed by atoms with Crippen LogP contribution in [0, 0.1) is 0 Å². The van der Waals surface area contributed by atoms with E-state index in [-0.39, 0.29) is 36.5 Å². The maximum absolute atomic E-state index is 12.8. The summed E-state index contributed by atoms with van der Waals surface area (Å²) >= 11 is 1.59. The number of hydrogen-bond acceptors (Lipinski definition) is 5. The lowest BCUT2D eigenvalue weighted by atomic mass is 10.2. The Morgan fingerprint density at radius 1 is 1.04 bits per heavy atom. The summed E-state index contributed by atoms with van der Waals surface area (Å²) in [6.45, 7) is 0.718. The number of fused-ring (bicyclic) bond motifs is 1. The zero-order valence-electron chi connectivity index (χ0n) is 14.5. The molecule has 9 heteroatoms. The van der Waals surface area contributed by atoms with E-state index in [1.807, 2.05) is 17.5 Å². The van der Waals surface area contributed by atoms with E-state index in [0.717, 1.165) is 4.88 Å². The summed E-state index contributed by atoms with van der Waals surface area (Å²) < 4.78 is 27.0. The molecule has 0 spiro atoms. The van der Waals surface area contributed by atoms with Gasteiger partial charge in [0.1, 0.15) is 6.04 Å². The number of benzene rings is 1. The summed E-state index contributed by atoms with van der Waals surface area (Å²) in [6.07, 6.45) is 0.613. The van der Waals surface area contributed by atoms with E-state index < -0.39 is 16.1 Å². The highest BCUT2D eigenvalue weighted by Crippen LogP contribution is 2.26. The highest BCUT2D eigenvalue weighted by atomic mass is 32.2. The van der Waals surface area contributed by atoms with E-state index >= 15 is 0 Å². The van der Waals surface area contributed by atoms with Crippen LogP contribution in [0.3, 0.4) is 0 Å². The van der Waals surface area contributed by atoms with Crippen LogP contribution in [0.25, 0.3) is 0 Å². The molecular formula is C18H19N3O4S2. The monoisotopic (exact) mass is 405 g/mol. The number of sulfonamides is 1. The molecule has 1 aromatic carbocycles. The van der Waals surface area contributed by atoms with Gasteiger partial charge >= 0.3 is 6.03 Å². The molecule has 0 N–H and O–H groups in total. The van der Waals surface area contributed by atoms with Crippen LogP contribution in [0.4, 0.5) is 4.79 Å². The average Bonchev–Trinajstić information content (AvgIpc) is 3.28. The van der Waals surface area contributed by atoms with Gasteiger partial charge in [0.2, 0.25) is 10.0 Å². The topological polar surface area (TPSA) is 78.0 Å². The lowest BCUT2D eigenvalue weighted by molar-refractivity contribution is -0.128. The summed E-state index contributed by atoms with van der Waals surface area (Å²) in [7, 11) is -3.68. The van der Waals surface area contributed by atoms with Gasteiger partial charge < -0.3 is 4.90 Å². The Labute approximate surface area is 161 Å². The maximum atomic E-state index is 12.8. The minimum absolute atomic E-state index is 0.00268. The Morgan fingerprint density at radius 3 is 2.52 bits per heavy atom. The predicted molar refractivity (Wildman–Crippen MR) is 101 cm³/mol. The molecule has 0 saturated carbocycles. The van der Waals surface area contributed by atoms with Gasteiger partial charge in [-0.05, 0) is 30.0 Å². The van der Waals surface area contributed by atoms with Gasteiger partial charge in [-0.25, -0.2) is 13.2 Å². The molecule has 7 nitrogen and oxygen atoms in total. The first-order valence-electron chi connectivity index (χ1n) is 8.68. The third-order valence-corrected chi connectivity index (χ3v) is 7.73. The molecule has 3 heterocycles. The van der Waals surface area contributed by atoms with Crippen molar-refractivity contribution in [1.29, 1.82) is 0 Å². The van der Waals surface area contributed by atoms with Gasteiger partial charge in [-0.3, -0.25) is 9.69 Å². The summed E-state index contributed by atoms with van der Waals surface area (Å²) in [5.74, 6) is -0.315. The highest BCUT2D eigenvalue weighted by Gasteiger charge is 2.49. The molecule has 0 bridgehead atoms. The fourth-order valence-electron chi connectivity index (χ4n) is 3.47. The van der Waals surface area contributed by atoms with Crippen molar-refractivity contribution in [3.05, 3.63) is 52.7 Å². The largest absolute Gasteiger partial charge is 0.327 e. The van der Waals surface area contributed by atoms with Crippen molar-refractivity contribution in [3.63, 3.8) is 0 Å². The van der Waals surface area contributed by atoms with E-state index in [1.54, 1.807) is 29.5 Å². The van der Waals surface area contributed by atoms with Crippen LogP contribution in [0.2, 0.25) is 0 Å². The smallest absolute Gasteiger partial charge is 0.310 e. The number of thiophene rings is 1. The zero-order valence-corrected chi connectivity index (χ0v) is 16.2. The summed E-state index contributed by atoms with van der Waals surface area (Å²) in [4.78, 5) is 29.4. The fourth-order valence-corrected chi connectivity index (χ4v) is 5.63. The van der Waals surface area contributed by atoms with Crippen LogP contribution in [0.5, 0.6) is 0 Å². The molecule has 1 atom stereocenters. The summed E-state index contributed by atoms with van der Waals surface area (Å²) in [6, 6.07) is 11.0. The second-order valence-electron chi connectivity index (χ2n) is 6.49. The molecule has 27 heavy (non-hydrogen) atoms. The third-order valence-electron chi connectivity index (χ3n) is 4.91. The number of hydrogen-bond donors (Lipinski definition) is 0. The van der Waals surface area contributed by atoms with Crippen molar-refractivity contribution in [2.24, 2.45) is 0 Å². The van der Waals surface area contributed by atoms with Crippen LogP contribution in [-0.4, -0.2) is 66.7 Å². The molecule has 4 rings (SSSR count). The van der Waals surface area contributed by atoms with Gasteiger partial charge in [0.15, 0.2) is 0 Å². The molecule has 1 unspecified atom stereocenters. The Bertz CT molecular complexity index is 944. The van der Waals surface area contributed by atoms with Crippen molar-refractivity contribution in [3.8, 4) is 0 Å². The van der Waals surface area contributed by atoms with Gasteiger partial charge in [0, 0.05) is 31.1 Å². The first kappa shape index (κ1) is 18.1. The lowest BCUT2D eigenvalue weighted by Gasteiger charge is -2.34. The van der Waals surface area contributed by atoms with E-state index in [9.17, 15) is 18.0 Å². The van der Waals surface area contributed by atoms with Crippen molar-refractivity contribution < 1.29 is 18.0 Å².